The van der Waals surface area contributed by atoms with Crippen LogP contribution in [0.1, 0.15) is 12.0 Å². The lowest BCUT2D eigenvalue weighted by Gasteiger charge is -2.32. The highest BCUT2D eigenvalue weighted by molar-refractivity contribution is 7.99. The van der Waals surface area contributed by atoms with Gasteiger partial charge in [-0.25, -0.2) is 0 Å². The van der Waals surface area contributed by atoms with Crippen LogP contribution in [0.5, 0.6) is 0 Å². The van der Waals surface area contributed by atoms with E-state index in [0.29, 0.717) is 0 Å². The summed E-state index contributed by atoms with van der Waals surface area (Å²) in [5, 5.41) is 3.58. The minimum Gasteiger partial charge on any atom is -0.384 e. The Kier molecular flexibility index (Phi) is 3.80. The zero-order valence-electron chi connectivity index (χ0n) is 11.1. The molecule has 0 bridgehead atoms. The first-order chi connectivity index (χ1) is 8.83. The molecule has 0 radical (unpaired) electrons. The number of nitrogens with zero attached hydrogens (tertiary/aromatic N) is 1. The van der Waals surface area contributed by atoms with E-state index in [1.807, 2.05) is 0 Å². The number of hydrogen-bond acceptors (Lipinski definition) is 3. The second-order valence-electron chi connectivity index (χ2n) is 5.57. The van der Waals surface area contributed by atoms with E-state index in [9.17, 15) is 0 Å². The van der Waals surface area contributed by atoms with E-state index in [0.717, 1.165) is 18.5 Å². The van der Waals surface area contributed by atoms with Crippen LogP contribution in [0, 0.1) is 5.92 Å². The van der Waals surface area contributed by atoms with Gasteiger partial charge in [0.1, 0.15) is 0 Å². The Bertz CT molecular complexity index is 401. The highest BCUT2D eigenvalue weighted by Gasteiger charge is 2.24. The van der Waals surface area contributed by atoms with Crippen molar-refractivity contribution in [2.24, 2.45) is 5.92 Å². The number of benzene rings is 1. The molecular formula is C15H22N2S. The van der Waals surface area contributed by atoms with Gasteiger partial charge >= 0.3 is 0 Å². The van der Waals surface area contributed by atoms with E-state index in [1.165, 1.54) is 42.1 Å². The van der Waals surface area contributed by atoms with Gasteiger partial charge in [0.15, 0.2) is 0 Å². The fourth-order valence-corrected chi connectivity index (χ4v) is 4.36. The molecule has 2 nitrogen and oxygen atoms in total. The Morgan fingerprint density at radius 3 is 3.11 bits per heavy atom. The number of rotatable bonds is 3. The first-order valence-corrected chi connectivity index (χ1v) is 8.08. The molecular weight excluding hydrogens is 240 g/mol. The molecule has 1 N–H and O–H groups in total. The molecule has 2 unspecified atom stereocenters. The zero-order valence-corrected chi connectivity index (χ0v) is 11.9. The molecule has 0 spiro atoms. The van der Waals surface area contributed by atoms with Gasteiger partial charge in [-0.2, -0.15) is 11.8 Å². The minimum absolute atomic E-state index is 0.760. The highest BCUT2D eigenvalue weighted by atomic mass is 32.2. The maximum atomic E-state index is 3.58. The summed E-state index contributed by atoms with van der Waals surface area (Å²) in [6.45, 7) is 2.35. The van der Waals surface area contributed by atoms with E-state index in [1.54, 1.807) is 0 Å². The van der Waals surface area contributed by atoms with Crippen LogP contribution >= 0.6 is 11.8 Å². The second-order valence-corrected chi connectivity index (χ2v) is 6.72. The molecule has 2 aliphatic heterocycles. The van der Waals surface area contributed by atoms with Gasteiger partial charge < -0.3 is 10.2 Å². The predicted octanol–water partition coefficient (Wildman–Crippen LogP) is 2.71. The molecule has 0 aromatic heterocycles. The van der Waals surface area contributed by atoms with Crippen molar-refractivity contribution in [2.75, 3.05) is 37.0 Å². The lowest BCUT2D eigenvalue weighted by molar-refractivity contribution is 0.223. The van der Waals surface area contributed by atoms with E-state index in [4.69, 9.17) is 0 Å². The Balaban J connectivity index is 1.59. The molecule has 0 amide bonds. The normalized spacial score (nSPS) is 27.0. The summed E-state index contributed by atoms with van der Waals surface area (Å²) in [4.78, 5) is 2.58. The van der Waals surface area contributed by atoms with Crippen LogP contribution in [0.25, 0.3) is 0 Å². The van der Waals surface area contributed by atoms with Crippen molar-refractivity contribution in [1.29, 1.82) is 0 Å². The molecule has 1 fully saturated rings. The number of para-hydroxylation sites is 1. The summed E-state index contributed by atoms with van der Waals surface area (Å²) in [7, 11) is 2.30. The lowest BCUT2D eigenvalue weighted by Crippen LogP contribution is -2.39. The standard InChI is InChI=1S/C15H22N2S/c1-17(14-6-7-18-11-14)10-12-8-13-4-2-3-5-15(13)16-9-12/h2-5,12,14,16H,6-11H2,1H3. The minimum atomic E-state index is 0.760. The van der Waals surface area contributed by atoms with Crippen LogP contribution in [0.15, 0.2) is 24.3 Å². The van der Waals surface area contributed by atoms with E-state index >= 15 is 0 Å². The van der Waals surface area contributed by atoms with Crippen molar-refractivity contribution in [3.63, 3.8) is 0 Å². The van der Waals surface area contributed by atoms with Gasteiger partial charge in [0.05, 0.1) is 0 Å². The molecule has 3 heteroatoms. The average molecular weight is 262 g/mol. The van der Waals surface area contributed by atoms with Crippen LogP contribution in [0.2, 0.25) is 0 Å². The van der Waals surface area contributed by atoms with Crippen molar-refractivity contribution in [3.05, 3.63) is 29.8 Å². The smallest absolute Gasteiger partial charge is 0.0372 e. The third-order valence-corrected chi connectivity index (χ3v) is 5.33. The van der Waals surface area contributed by atoms with Crippen LogP contribution < -0.4 is 5.32 Å². The summed E-state index contributed by atoms with van der Waals surface area (Å²) in [5.41, 5.74) is 2.83. The quantitative estimate of drug-likeness (QED) is 0.901. The highest BCUT2D eigenvalue weighted by Crippen LogP contribution is 2.26. The van der Waals surface area contributed by atoms with Crippen LogP contribution in [-0.4, -0.2) is 42.6 Å². The van der Waals surface area contributed by atoms with Crippen molar-refractivity contribution >= 4 is 17.4 Å². The molecule has 18 heavy (non-hydrogen) atoms. The Hall–Kier alpha value is -0.670. The molecule has 2 aliphatic rings. The molecule has 1 aromatic rings. The average Bonchev–Trinajstić information content (AvgIpc) is 2.92. The largest absolute Gasteiger partial charge is 0.384 e. The molecule has 0 saturated carbocycles. The molecule has 2 atom stereocenters. The number of fused-ring (bicyclic) bond motifs is 1. The molecule has 98 valence electrons. The van der Waals surface area contributed by atoms with Gasteiger partial charge in [-0.1, -0.05) is 18.2 Å². The summed E-state index contributed by atoms with van der Waals surface area (Å²) in [5.74, 6) is 3.43. The van der Waals surface area contributed by atoms with E-state index in [-0.39, 0.29) is 0 Å². The summed E-state index contributed by atoms with van der Waals surface area (Å²) >= 11 is 2.10. The third kappa shape index (κ3) is 2.67. The van der Waals surface area contributed by atoms with E-state index < -0.39 is 0 Å². The van der Waals surface area contributed by atoms with Crippen molar-refractivity contribution in [1.82, 2.24) is 4.90 Å². The molecule has 0 aliphatic carbocycles. The predicted molar refractivity (Wildman–Crippen MR) is 80.5 cm³/mol. The Labute approximate surface area is 114 Å². The number of nitrogens with one attached hydrogen (secondary N) is 1. The first-order valence-electron chi connectivity index (χ1n) is 6.92. The Morgan fingerprint density at radius 2 is 2.28 bits per heavy atom. The maximum absolute atomic E-state index is 3.58. The first kappa shape index (κ1) is 12.4. The second kappa shape index (κ2) is 5.54. The van der Waals surface area contributed by atoms with Gasteiger partial charge in [0.25, 0.3) is 0 Å². The van der Waals surface area contributed by atoms with Gasteiger partial charge in [0, 0.05) is 30.6 Å². The number of thioether (sulfide) groups is 1. The fraction of sp³-hybridized carbons (Fsp3) is 0.600. The maximum Gasteiger partial charge on any atom is 0.0372 e. The van der Waals surface area contributed by atoms with Crippen molar-refractivity contribution < 1.29 is 0 Å². The third-order valence-electron chi connectivity index (χ3n) is 4.18. The summed E-state index contributed by atoms with van der Waals surface area (Å²) < 4.78 is 0. The van der Waals surface area contributed by atoms with Crippen molar-refractivity contribution in [2.45, 2.75) is 18.9 Å². The summed E-state index contributed by atoms with van der Waals surface area (Å²) in [6, 6.07) is 9.55. The summed E-state index contributed by atoms with van der Waals surface area (Å²) in [6.07, 6.45) is 2.60. The van der Waals surface area contributed by atoms with Crippen LogP contribution in [-0.2, 0) is 6.42 Å². The molecule has 2 heterocycles. The SMILES string of the molecule is CN(CC1CNc2ccccc2C1)C1CCSC1. The topological polar surface area (TPSA) is 15.3 Å². The van der Waals surface area contributed by atoms with Crippen LogP contribution in [0.4, 0.5) is 5.69 Å². The Morgan fingerprint density at radius 1 is 1.39 bits per heavy atom. The van der Waals surface area contributed by atoms with Gasteiger partial charge in [0.2, 0.25) is 0 Å². The lowest BCUT2D eigenvalue weighted by atomic mass is 9.93. The van der Waals surface area contributed by atoms with Gasteiger partial charge in [-0.15, -0.1) is 0 Å². The fourth-order valence-electron chi connectivity index (χ4n) is 3.06. The van der Waals surface area contributed by atoms with Crippen molar-refractivity contribution in [3.8, 4) is 0 Å². The zero-order chi connectivity index (χ0) is 12.4. The molecule has 1 aromatic carbocycles. The monoisotopic (exact) mass is 262 g/mol. The van der Waals surface area contributed by atoms with Crippen LogP contribution in [0.3, 0.4) is 0 Å². The molecule has 3 rings (SSSR count). The van der Waals surface area contributed by atoms with E-state index in [2.05, 4.69) is 53.3 Å². The molecule has 1 saturated heterocycles. The number of hydrogen-bond donors (Lipinski definition) is 1. The number of anilines is 1. The van der Waals surface area contributed by atoms with Gasteiger partial charge in [-0.3, -0.25) is 0 Å². The van der Waals surface area contributed by atoms with Gasteiger partial charge in [-0.05, 0) is 43.2 Å².